The second kappa shape index (κ2) is 5.41. The number of aliphatic carboxylic acids is 1. The van der Waals surface area contributed by atoms with Crippen molar-refractivity contribution in [1.82, 2.24) is 0 Å². The molecule has 0 fully saturated rings. The van der Waals surface area contributed by atoms with Crippen LogP contribution in [0, 0.1) is 3.57 Å². The summed E-state index contributed by atoms with van der Waals surface area (Å²) in [6, 6.07) is 5.58. The summed E-state index contributed by atoms with van der Waals surface area (Å²) in [5.74, 6) is -0.820. The minimum absolute atomic E-state index is 0.0856. The monoisotopic (exact) mass is 325 g/mol. The number of carboxylic acid groups (broad SMARTS) is 1. The van der Waals surface area contributed by atoms with E-state index in [1.807, 2.05) is 18.2 Å². The van der Waals surface area contributed by atoms with Gasteiger partial charge in [-0.3, -0.25) is 4.79 Å². The van der Waals surface area contributed by atoms with Gasteiger partial charge in [-0.05, 0) is 40.8 Å². The number of nitrogens with one attached hydrogen (secondary N) is 1. The average Bonchev–Trinajstić information content (AvgIpc) is 2.08. The molecule has 0 aliphatic heterocycles. The highest BCUT2D eigenvalue weighted by atomic mass is 127. The molecule has 0 saturated heterocycles. The van der Waals surface area contributed by atoms with Crippen molar-refractivity contribution in [2.75, 3.05) is 11.9 Å². The third kappa shape index (κ3) is 3.71. The Bertz CT molecular complexity index is 344. The van der Waals surface area contributed by atoms with E-state index in [0.717, 1.165) is 9.26 Å². The summed E-state index contributed by atoms with van der Waals surface area (Å²) in [6.45, 7) is 0.385. The zero-order valence-electron chi connectivity index (χ0n) is 7.26. The lowest BCUT2D eigenvalue weighted by Gasteiger charge is -2.06. The molecule has 0 saturated carbocycles. The standard InChI is InChI=1S/C9H9ClINO2/c10-7-5-6(11)1-2-8(7)12-4-3-9(13)14/h1-2,5,12H,3-4H2,(H,13,14). The van der Waals surface area contributed by atoms with Gasteiger partial charge < -0.3 is 10.4 Å². The van der Waals surface area contributed by atoms with Crippen LogP contribution in [0.5, 0.6) is 0 Å². The molecule has 0 aliphatic rings. The summed E-state index contributed by atoms with van der Waals surface area (Å²) in [5.41, 5.74) is 0.772. The Labute approximate surface area is 101 Å². The summed E-state index contributed by atoms with van der Waals surface area (Å²) in [6.07, 6.45) is 0.0856. The number of benzene rings is 1. The molecule has 2 N–H and O–H groups in total. The lowest BCUT2D eigenvalue weighted by Crippen LogP contribution is -2.07. The van der Waals surface area contributed by atoms with E-state index in [2.05, 4.69) is 27.9 Å². The highest BCUT2D eigenvalue weighted by Gasteiger charge is 2.01. The quantitative estimate of drug-likeness (QED) is 0.837. The molecule has 5 heteroatoms. The van der Waals surface area contributed by atoms with E-state index >= 15 is 0 Å². The van der Waals surface area contributed by atoms with E-state index in [-0.39, 0.29) is 6.42 Å². The number of rotatable bonds is 4. The van der Waals surface area contributed by atoms with E-state index in [1.165, 1.54) is 0 Å². The molecule has 1 aromatic carbocycles. The summed E-state index contributed by atoms with van der Waals surface area (Å²) >= 11 is 8.09. The van der Waals surface area contributed by atoms with Gasteiger partial charge in [0.1, 0.15) is 0 Å². The number of carboxylic acids is 1. The maximum absolute atomic E-state index is 10.3. The van der Waals surface area contributed by atoms with Gasteiger partial charge in [0.25, 0.3) is 0 Å². The SMILES string of the molecule is O=C(O)CCNc1ccc(I)cc1Cl. The van der Waals surface area contributed by atoms with Crippen LogP contribution in [0.3, 0.4) is 0 Å². The first-order valence-electron chi connectivity index (χ1n) is 4.00. The molecule has 1 aromatic rings. The summed E-state index contributed by atoms with van der Waals surface area (Å²) in [5, 5.41) is 12.0. The fraction of sp³-hybridized carbons (Fsp3) is 0.222. The number of hydrogen-bond acceptors (Lipinski definition) is 2. The molecular formula is C9H9ClINO2. The van der Waals surface area contributed by atoms with Crippen molar-refractivity contribution in [3.8, 4) is 0 Å². The summed E-state index contributed by atoms with van der Waals surface area (Å²) in [4.78, 5) is 10.3. The van der Waals surface area contributed by atoms with Crippen LogP contribution in [0.15, 0.2) is 18.2 Å². The van der Waals surface area contributed by atoms with Crippen LogP contribution in [0.1, 0.15) is 6.42 Å². The first-order chi connectivity index (χ1) is 6.59. The van der Waals surface area contributed by atoms with Gasteiger partial charge in [0.15, 0.2) is 0 Å². The van der Waals surface area contributed by atoms with Gasteiger partial charge >= 0.3 is 5.97 Å². The average molecular weight is 326 g/mol. The number of halogens is 2. The third-order valence-corrected chi connectivity index (χ3v) is 2.57. The Kier molecular flexibility index (Phi) is 4.47. The fourth-order valence-corrected chi connectivity index (χ4v) is 1.86. The first kappa shape index (κ1) is 11.6. The number of anilines is 1. The van der Waals surface area contributed by atoms with Crippen molar-refractivity contribution in [1.29, 1.82) is 0 Å². The van der Waals surface area contributed by atoms with E-state index in [1.54, 1.807) is 0 Å². The molecule has 0 spiro atoms. The Morgan fingerprint density at radius 3 is 2.86 bits per heavy atom. The van der Waals surface area contributed by atoms with Crippen LogP contribution >= 0.6 is 34.2 Å². The van der Waals surface area contributed by atoms with Gasteiger partial charge in [-0.2, -0.15) is 0 Å². The normalized spacial score (nSPS) is 9.86. The maximum atomic E-state index is 10.3. The van der Waals surface area contributed by atoms with E-state index in [4.69, 9.17) is 16.7 Å². The zero-order chi connectivity index (χ0) is 10.6. The van der Waals surface area contributed by atoms with Crippen LogP contribution < -0.4 is 5.32 Å². The smallest absolute Gasteiger partial charge is 0.305 e. The van der Waals surface area contributed by atoms with Crippen molar-refractivity contribution in [3.63, 3.8) is 0 Å². The molecule has 0 radical (unpaired) electrons. The minimum Gasteiger partial charge on any atom is -0.481 e. The largest absolute Gasteiger partial charge is 0.481 e. The van der Waals surface area contributed by atoms with E-state index < -0.39 is 5.97 Å². The molecule has 0 aromatic heterocycles. The van der Waals surface area contributed by atoms with Gasteiger partial charge in [0.05, 0.1) is 17.1 Å². The zero-order valence-corrected chi connectivity index (χ0v) is 10.2. The lowest BCUT2D eigenvalue weighted by atomic mass is 10.3. The second-order valence-corrected chi connectivity index (χ2v) is 4.35. The Balaban J connectivity index is 2.55. The fourth-order valence-electron chi connectivity index (χ4n) is 0.937. The lowest BCUT2D eigenvalue weighted by molar-refractivity contribution is -0.136. The molecule has 76 valence electrons. The number of carbonyl (C=O) groups is 1. The topological polar surface area (TPSA) is 49.3 Å². The molecule has 0 unspecified atom stereocenters. The minimum atomic E-state index is -0.820. The molecule has 14 heavy (non-hydrogen) atoms. The second-order valence-electron chi connectivity index (χ2n) is 2.69. The van der Waals surface area contributed by atoms with Crippen LogP contribution in [-0.4, -0.2) is 17.6 Å². The van der Waals surface area contributed by atoms with Crippen molar-refractivity contribution in [2.24, 2.45) is 0 Å². The van der Waals surface area contributed by atoms with E-state index in [0.29, 0.717) is 11.6 Å². The number of hydrogen-bond donors (Lipinski definition) is 2. The first-order valence-corrected chi connectivity index (χ1v) is 5.46. The predicted molar refractivity (Wildman–Crippen MR) is 64.9 cm³/mol. The van der Waals surface area contributed by atoms with Crippen molar-refractivity contribution < 1.29 is 9.90 Å². The maximum Gasteiger partial charge on any atom is 0.305 e. The highest BCUT2D eigenvalue weighted by Crippen LogP contribution is 2.23. The Morgan fingerprint density at radius 1 is 1.57 bits per heavy atom. The molecule has 0 heterocycles. The molecule has 0 bridgehead atoms. The van der Waals surface area contributed by atoms with Crippen LogP contribution in [0.2, 0.25) is 5.02 Å². The predicted octanol–water partition coefficient (Wildman–Crippen LogP) is 2.83. The van der Waals surface area contributed by atoms with Crippen molar-refractivity contribution in [3.05, 3.63) is 26.8 Å². The van der Waals surface area contributed by atoms with Gasteiger partial charge in [-0.15, -0.1) is 0 Å². The van der Waals surface area contributed by atoms with Gasteiger partial charge in [0.2, 0.25) is 0 Å². The molecule has 1 rings (SSSR count). The van der Waals surface area contributed by atoms with E-state index in [9.17, 15) is 4.79 Å². The highest BCUT2D eigenvalue weighted by molar-refractivity contribution is 14.1. The molecule has 0 amide bonds. The molecular weight excluding hydrogens is 316 g/mol. The Hall–Kier alpha value is -0.490. The van der Waals surface area contributed by atoms with Crippen LogP contribution in [0.4, 0.5) is 5.69 Å². The molecule has 0 atom stereocenters. The van der Waals surface area contributed by atoms with Crippen molar-refractivity contribution >= 4 is 45.8 Å². The molecule has 0 aliphatic carbocycles. The molecule has 3 nitrogen and oxygen atoms in total. The summed E-state index contributed by atoms with van der Waals surface area (Å²) < 4.78 is 1.05. The van der Waals surface area contributed by atoms with Crippen molar-refractivity contribution in [2.45, 2.75) is 6.42 Å². The van der Waals surface area contributed by atoms with Gasteiger partial charge in [-0.1, -0.05) is 11.6 Å². The summed E-state index contributed by atoms with van der Waals surface area (Å²) in [7, 11) is 0. The van der Waals surface area contributed by atoms with Gasteiger partial charge in [-0.25, -0.2) is 0 Å². The van der Waals surface area contributed by atoms with Crippen LogP contribution in [-0.2, 0) is 4.79 Å². The Morgan fingerprint density at radius 2 is 2.29 bits per heavy atom. The third-order valence-electron chi connectivity index (χ3n) is 1.59. The van der Waals surface area contributed by atoms with Crippen LogP contribution in [0.25, 0.3) is 0 Å². The van der Waals surface area contributed by atoms with Gasteiger partial charge in [0, 0.05) is 10.1 Å².